The summed E-state index contributed by atoms with van der Waals surface area (Å²) in [5.74, 6) is 1.73. The van der Waals surface area contributed by atoms with Crippen LogP contribution in [0, 0.1) is 11.8 Å². The zero-order valence-electron chi connectivity index (χ0n) is 10.1. The van der Waals surface area contributed by atoms with Crippen molar-refractivity contribution in [2.45, 2.75) is 60.3 Å². The molecule has 0 spiro atoms. The Labute approximate surface area is 84.4 Å². The monoisotopic (exact) mass is 182 g/mol. The highest BCUT2D eigenvalue weighted by Gasteiger charge is 2.10. The van der Waals surface area contributed by atoms with Gasteiger partial charge in [0, 0.05) is 0 Å². The van der Waals surface area contributed by atoms with Gasteiger partial charge in [0.25, 0.3) is 0 Å². The third-order valence-corrected chi connectivity index (χ3v) is 2.91. The lowest BCUT2D eigenvalue weighted by molar-refractivity contribution is 0.358. The van der Waals surface area contributed by atoms with Gasteiger partial charge in [0.15, 0.2) is 0 Å². The van der Waals surface area contributed by atoms with E-state index in [4.69, 9.17) is 0 Å². The van der Waals surface area contributed by atoms with E-state index in [0.29, 0.717) is 0 Å². The number of hydrogen-bond acceptors (Lipinski definition) is 0. The van der Waals surface area contributed by atoms with Crippen LogP contribution in [0.1, 0.15) is 60.3 Å². The Morgan fingerprint density at radius 3 is 2.23 bits per heavy atom. The highest BCUT2D eigenvalue weighted by atomic mass is 14.2. The summed E-state index contributed by atoms with van der Waals surface area (Å²) in [7, 11) is 0. The molecule has 0 heteroatoms. The fourth-order valence-electron chi connectivity index (χ4n) is 1.88. The summed E-state index contributed by atoms with van der Waals surface area (Å²) in [5.41, 5.74) is 1.57. The predicted octanol–water partition coefficient (Wildman–Crippen LogP) is 4.81. The van der Waals surface area contributed by atoms with E-state index in [1.54, 1.807) is 5.57 Å². The molecule has 0 radical (unpaired) electrons. The first-order chi connectivity index (χ1) is 6.11. The van der Waals surface area contributed by atoms with E-state index < -0.39 is 0 Å². The van der Waals surface area contributed by atoms with Crippen LogP contribution in [-0.4, -0.2) is 0 Å². The van der Waals surface area contributed by atoms with Gasteiger partial charge in [0.05, 0.1) is 0 Å². The predicted molar refractivity (Wildman–Crippen MR) is 61.9 cm³/mol. The molecule has 0 aromatic rings. The summed E-state index contributed by atoms with van der Waals surface area (Å²) in [6.45, 7) is 11.5. The Hall–Kier alpha value is -0.260. The van der Waals surface area contributed by atoms with E-state index in [9.17, 15) is 0 Å². The molecule has 0 aromatic heterocycles. The highest BCUT2D eigenvalue weighted by molar-refractivity contribution is 4.98. The lowest BCUT2D eigenvalue weighted by atomic mass is 9.87. The van der Waals surface area contributed by atoms with Crippen LogP contribution in [-0.2, 0) is 0 Å². The van der Waals surface area contributed by atoms with Crippen LogP contribution in [0.3, 0.4) is 0 Å². The van der Waals surface area contributed by atoms with Gasteiger partial charge >= 0.3 is 0 Å². The Bertz CT molecular complexity index is 144. The van der Waals surface area contributed by atoms with Crippen molar-refractivity contribution in [2.75, 3.05) is 0 Å². The lowest BCUT2D eigenvalue weighted by Gasteiger charge is -2.19. The SMILES string of the molecule is CCC=C(C)CC(C)C(C)CCC. The molecule has 0 amide bonds. The molecule has 0 aliphatic heterocycles. The van der Waals surface area contributed by atoms with Gasteiger partial charge in [-0.3, -0.25) is 0 Å². The molecule has 78 valence electrons. The summed E-state index contributed by atoms with van der Waals surface area (Å²) in [6, 6.07) is 0. The molecule has 0 bridgehead atoms. The first kappa shape index (κ1) is 12.7. The minimum atomic E-state index is 0.850. The third-order valence-electron chi connectivity index (χ3n) is 2.91. The Balaban J connectivity index is 3.84. The molecule has 13 heavy (non-hydrogen) atoms. The maximum atomic E-state index is 2.38. The molecule has 0 aliphatic rings. The van der Waals surface area contributed by atoms with Crippen molar-refractivity contribution in [3.63, 3.8) is 0 Å². The molecule has 0 fully saturated rings. The normalized spacial score (nSPS) is 17.2. The molecule has 0 saturated carbocycles. The lowest BCUT2D eigenvalue weighted by Crippen LogP contribution is -2.08. The topological polar surface area (TPSA) is 0 Å². The van der Waals surface area contributed by atoms with Crippen LogP contribution in [0.2, 0.25) is 0 Å². The van der Waals surface area contributed by atoms with Crippen molar-refractivity contribution in [1.29, 1.82) is 0 Å². The standard InChI is InChI=1S/C13H26/c1-6-8-11(3)10-13(5)12(4)9-7-2/h8,12-13H,6-7,9-10H2,1-5H3. The smallest absolute Gasteiger partial charge is 0.0295 e. The molecule has 0 aliphatic carbocycles. The molecule has 0 aromatic carbocycles. The van der Waals surface area contributed by atoms with Crippen LogP contribution >= 0.6 is 0 Å². The van der Waals surface area contributed by atoms with E-state index in [0.717, 1.165) is 11.8 Å². The quantitative estimate of drug-likeness (QED) is 0.517. The number of hydrogen-bond donors (Lipinski definition) is 0. The second kappa shape index (κ2) is 7.17. The van der Waals surface area contributed by atoms with Gasteiger partial charge < -0.3 is 0 Å². The molecular formula is C13H26. The fraction of sp³-hybridized carbons (Fsp3) is 0.846. The van der Waals surface area contributed by atoms with E-state index in [2.05, 4.69) is 40.7 Å². The third kappa shape index (κ3) is 5.90. The zero-order valence-corrected chi connectivity index (χ0v) is 10.1. The molecule has 0 N–H and O–H groups in total. The second-order valence-electron chi connectivity index (χ2n) is 4.41. The Kier molecular flexibility index (Phi) is 7.03. The Morgan fingerprint density at radius 2 is 1.77 bits per heavy atom. The van der Waals surface area contributed by atoms with Crippen LogP contribution in [0.25, 0.3) is 0 Å². The second-order valence-corrected chi connectivity index (χ2v) is 4.41. The van der Waals surface area contributed by atoms with Crippen molar-refractivity contribution in [1.82, 2.24) is 0 Å². The number of allylic oxidation sites excluding steroid dienone is 2. The largest absolute Gasteiger partial charge is 0.0859 e. The van der Waals surface area contributed by atoms with Crippen molar-refractivity contribution < 1.29 is 0 Å². The van der Waals surface area contributed by atoms with Crippen LogP contribution in [0.15, 0.2) is 11.6 Å². The molecule has 2 atom stereocenters. The molecule has 0 rings (SSSR count). The van der Waals surface area contributed by atoms with Crippen molar-refractivity contribution in [2.24, 2.45) is 11.8 Å². The molecule has 2 unspecified atom stereocenters. The highest BCUT2D eigenvalue weighted by Crippen LogP contribution is 2.23. The molecular weight excluding hydrogens is 156 g/mol. The van der Waals surface area contributed by atoms with Crippen molar-refractivity contribution >= 4 is 0 Å². The summed E-state index contributed by atoms with van der Waals surface area (Å²) < 4.78 is 0. The average Bonchev–Trinajstić information content (AvgIpc) is 2.05. The van der Waals surface area contributed by atoms with Gasteiger partial charge in [-0.1, -0.05) is 52.2 Å². The zero-order chi connectivity index (χ0) is 10.3. The van der Waals surface area contributed by atoms with Gasteiger partial charge in [-0.05, 0) is 31.6 Å². The van der Waals surface area contributed by atoms with Gasteiger partial charge in [-0.25, -0.2) is 0 Å². The van der Waals surface area contributed by atoms with Gasteiger partial charge in [0.2, 0.25) is 0 Å². The average molecular weight is 182 g/mol. The minimum Gasteiger partial charge on any atom is -0.0859 e. The van der Waals surface area contributed by atoms with Crippen molar-refractivity contribution in [3.05, 3.63) is 11.6 Å². The molecule has 0 saturated heterocycles. The maximum absolute atomic E-state index is 2.38. The first-order valence-electron chi connectivity index (χ1n) is 5.77. The van der Waals surface area contributed by atoms with Gasteiger partial charge in [0.1, 0.15) is 0 Å². The van der Waals surface area contributed by atoms with E-state index in [1.165, 1.54) is 25.7 Å². The fourth-order valence-corrected chi connectivity index (χ4v) is 1.88. The summed E-state index contributed by atoms with van der Waals surface area (Å²) in [4.78, 5) is 0. The van der Waals surface area contributed by atoms with Crippen LogP contribution < -0.4 is 0 Å². The van der Waals surface area contributed by atoms with E-state index >= 15 is 0 Å². The molecule has 0 nitrogen and oxygen atoms in total. The van der Waals surface area contributed by atoms with E-state index in [-0.39, 0.29) is 0 Å². The number of rotatable bonds is 6. The van der Waals surface area contributed by atoms with Crippen LogP contribution in [0.5, 0.6) is 0 Å². The summed E-state index contributed by atoms with van der Waals surface area (Å²) >= 11 is 0. The summed E-state index contributed by atoms with van der Waals surface area (Å²) in [5, 5.41) is 0. The Morgan fingerprint density at radius 1 is 1.15 bits per heavy atom. The van der Waals surface area contributed by atoms with Gasteiger partial charge in [-0.15, -0.1) is 0 Å². The van der Waals surface area contributed by atoms with Crippen LogP contribution in [0.4, 0.5) is 0 Å². The van der Waals surface area contributed by atoms with Crippen molar-refractivity contribution in [3.8, 4) is 0 Å². The minimum absolute atomic E-state index is 0.850. The first-order valence-corrected chi connectivity index (χ1v) is 5.77. The summed E-state index contributed by atoms with van der Waals surface area (Å²) in [6.07, 6.45) is 7.52. The molecule has 0 heterocycles. The van der Waals surface area contributed by atoms with E-state index in [1.807, 2.05) is 0 Å². The maximum Gasteiger partial charge on any atom is -0.0295 e. The van der Waals surface area contributed by atoms with Gasteiger partial charge in [-0.2, -0.15) is 0 Å².